The average molecular weight is 370 g/mol. The molecule has 0 unspecified atom stereocenters. The van der Waals surface area contributed by atoms with Gasteiger partial charge in [-0.15, -0.1) is 11.3 Å². The first-order valence-corrected chi connectivity index (χ1v) is 9.13. The van der Waals surface area contributed by atoms with Crippen LogP contribution in [0.3, 0.4) is 0 Å². The Kier molecular flexibility index (Phi) is 5.63. The molecule has 0 saturated heterocycles. The highest BCUT2D eigenvalue weighted by atomic mass is 32.1. The highest BCUT2D eigenvalue weighted by molar-refractivity contribution is 7.13. The molecule has 6 heteroatoms. The predicted molar refractivity (Wildman–Crippen MR) is 101 cm³/mol. The maximum Gasteiger partial charge on any atom is 0.261 e. The Morgan fingerprint density at radius 3 is 2.81 bits per heavy atom. The molecule has 1 N–H and O–H groups in total. The van der Waals surface area contributed by atoms with E-state index in [0.29, 0.717) is 22.0 Å². The molecule has 1 amide bonds. The summed E-state index contributed by atoms with van der Waals surface area (Å²) in [5, 5.41) is 5.10. The fourth-order valence-electron chi connectivity index (χ4n) is 2.45. The zero-order valence-electron chi connectivity index (χ0n) is 14.5. The van der Waals surface area contributed by atoms with Crippen molar-refractivity contribution in [2.75, 3.05) is 5.32 Å². The average Bonchev–Trinajstić information content (AvgIpc) is 3.12. The van der Waals surface area contributed by atoms with Gasteiger partial charge >= 0.3 is 0 Å². The molecule has 0 aliphatic rings. The number of carbonyl (C=O) groups excluding carboxylic acids is 1. The Morgan fingerprint density at radius 1 is 1.27 bits per heavy atom. The second-order valence-corrected chi connectivity index (χ2v) is 7.01. The van der Waals surface area contributed by atoms with Crippen molar-refractivity contribution in [3.63, 3.8) is 0 Å². The lowest BCUT2D eigenvalue weighted by Gasteiger charge is -2.14. The number of hydrogen-bond acceptors (Lipinski definition) is 4. The summed E-state index contributed by atoms with van der Waals surface area (Å²) >= 11 is 1.35. The summed E-state index contributed by atoms with van der Waals surface area (Å²) < 4.78 is 19.1. The number of aromatic nitrogens is 1. The minimum absolute atomic E-state index is 0.177. The van der Waals surface area contributed by atoms with Crippen LogP contribution in [0.5, 0.6) is 5.75 Å². The Labute approximate surface area is 155 Å². The topological polar surface area (TPSA) is 51.2 Å². The molecule has 0 aliphatic carbocycles. The standard InChI is InChI=1S/C20H19FN2O2S/c1-13(2)15-6-7-18(25-12-14-4-3-5-16(21)10-14)17(11-15)19(24)23-20-22-8-9-26-20/h3-11,13H,12H2,1-2H3,(H,22,23,24). The number of amides is 1. The number of nitrogens with zero attached hydrogens (tertiary/aromatic N) is 1. The lowest BCUT2D eigenvalue weighted by Crippen LogP contribution is -2.14. The second-order valence-electron chi connectivity index (χ2n) is 6.12. The van der Waals surface area contributed by atoms with Crippen LogP contribution in [0.4, 0.5) is 9.52 Å². The van der Waals surface area contributed by atoms with Crippen molar-refractivity contribution in [2.45, 2.75) is 26.4 Å². The van der Waals surface area contributed by atoms with Gasteiger partial charge in [0.15, 0.2) is 5.13 Å². The number of carbonyl (C=O) groups is 1. The SMILES string of the molecule is CC(C)c1ccc(OCc2cccc(F)c2)c(C(=O)Nc2nccs2)c1. The molecule has 0 bridgehead atoms. The van der Waals surface area contributed by atoms with Crippen LogP contribution in [0.2, 0.25) is 0 Å². The van der Waals surface area contributed by atoms with Crippen LogP contribution in [0.1, 0.15) is 41.3 Å². The first-order valence-electron chi connectivity index (χ1n) is 8.25. The van der Waals surface area contributed by atoms with Crippen molar-refractivity contribution in [3.8, 4) is 5.75 Å². The molecule has 134 valence electrons. The van der Waals surface area contributed by atoms with Crippen LogP contribution in [0.15, 0.2) is 54.0 Å². The van der Waals surface area contributed by atoms with Gasteiger partial charge in [-0.05, 0) is 41.3 Å². The minimum atomic E-state index is -0.317. The van der Waals surface area contributed by atoms with Crippen molar-refractivity contribution in [3.05, 3.63) is 76.5 Å². The number of thiazole rings is 1. The second kappa shape index (κ2) is 8.10. The molecule has 0 spiro atoms. The van der Waals surface area contributed by atoms with Crippen LogP contribution in [0, 0.1) is 5.82 Å². The normalized spacial score (nSPS) is 10.8. The van der Waals surface area contributed by atoms with Crippen molar-refractivity contribution < 1.29 is 13.9 Å². The third kappa shape index (κ3) is 4.46. The maximum atomic E-state index is 13.3. The molecule has 1 heterocycles. The van der Waals surface area contributed by atoms with Gasteiger partial charge in [-0.1, -0.05) is 32.0 Å². The Hall–Kier alpha value is -2.73. The van der Waals surface area contributed by atoms with E-state index in [0.717, 1.165) is 5.56 Å². The van der Waals surface area contributed by atoms with Crippen LogP contribution in [-0.4, -0.2) is 10.9 Å². The summed E-state index contributed by atoms with van der Waals surface area (Å²) in [6.07, 6.45) is 1.63. The first kappa shape index (κ1) is 18.1. The van der Waals surface area contributed by atoms with Crippen molar-refractivity contribution in [1.29, 1.82) is 0 Å². The molecule has 0 atom stereocenters. The van der Waals surface area contributed by atoms with E-state index in [4.69, 9.17) is 4.74 Å². The first-order chi connectivity index (χ1) is 12.5. The summed E-state index contributed by atoms with van der Waals surface area (Å²) in [6.45, 7) is 4.30. The Balaban J connectivity index is 1.84. The van der Waals surface area contributed by atoms with E-state index >= 15 is 0 Å². The highest BCUT2D eigenvalue weighted by Crippen LogP contribution is 2.26. The molecule has 0 saturated carbocycles. The van der Waals surface area contributed by atoms with Gasteiger partial charge in [-0.2, -0.15) is 0 Å². The molecular weight excluding hydrogens is 351 g/mol. The molecule has 0 aliphatic heterocycles. The third-order valence-electron chi connectivity index (χ3n) is 3.85. The molecule has 0 fully saturated rings. The van der Waals surface area contributed by atoms with Crippen LogP contribution >= 0.6 is 11.3 Å². The van der Waals surface area contributed by atoms with Crippen LogP contribution in [0.25, 0.3) is 0 Å². The van der Waals surface area contributed by atoms with Gasteiger partial charge in [-0.3, -0.25) is 10.1 Å². The van der Waals surface area contributed by atoms with Crippen molar-refractivity contribution >= 4 is 22.4 Å². The summed E-state index contributed by atoms with van der Waals surface area (Å²) in [4.78, 5) is 16.8. The fourth-order valence-corrected chi connectivity index (χ4v) is 2.97. The number of rotatable bonds is 6. The zero-order chi connectivity index (χ0) is 18.5. The monoisotopic (exact) mass is 370 g/mol. The van der Waals surface area contributed by atoms with E-state index in [1.807, 2.05) is 12.1 Å². The van der Waals surface area contributed by atoms with Gasteiger partial charge in [0.2, 0.25) is 0 Å². The Bertz CT molecular complexity index is 895. The molecule has 26 heavy (non-hydrogen) atoms. The smallest absolute Gasteiger partial charge is 0.261 e. The number of anilines is 1. The van der Waals surface area contributed by atoms with Gasteiger partial charge in [0.1, 0.15) is 18.2 Å². The molecule has 4 nitrogen and oxygen atoms in total. The Morgan fingerprint density at radius 2 is 2.12 bits per heavy atom. The predicted octanol–water partition coefficient (Wildman–Crippen LogP) is 5.24. The number of ether oxygens (including phenoxy) is 1. The van der Waals surface area contributed by atoms with Crippen molar-refractivity contribution in [1.82, 2.24) is 4.98 Å². The zero-order valence-corrected chi connectivity index (χ0v) is 15.3. The van der Waals surface area contributed by atoms with Gasteiger partial charge in [0.25, 0.3) is 5.91 Å². The maximum absolute atomic E-state index is 13.3. The summed E-state index contributed by atoms with van der Waals surface area (Å²) in [7, 11) is 0. The quantitative estimate of drug-likeness (QED) is 0.646. The number of halogens is 1. The van der Waals surface area contributed by atoms with Gasteiger partial charge < -0.3 is 4.74 Å². The van der Waals surface area contributed by atoms with Crippen molar-refractivity contribution in [2.24, 2.45) is 0 Å². The molecule has 3 aromatic rings. The van der Waals surface area contributed by atoms with Crippen LogP contribution in [-0.2, 0) is 6.61 Å². The molecule has 2 aromatic carbocycles. The number of nitrogens with one attached hydrogen (secondary N) is 1. The largest absolute Gasteiger partial charge is 0.488 e. The molecule has 3 rings (SSSR count). The van der Waals surface area contributed by atoms with Gasteiger partial charge in [-0.25, -0.2) is 9.37 Å². The van der Waals surface area contributed by atoms with Gasteiger partial charge in [0.05, 0.1) is 5.56 Å². The van der Waals surface area contributed by atoms with Gasteiger partial charge in [0, 0.05) is 11.6 Å². The minimum Gasteiger partial charge on any atom is -0.488 e. The van der Waals surface area contributed by atoms with E-state index in [2.05, 4.69) is 24.1 Å². The van der Waals surface area contributed by atoms with Crippen LogP contribution < -0.4 is 10.1 Å². The molecule has 1 aromatic heterocycles. The lowest BCUT2D eigenvalue weighted by molar-refractivity contribution is 0.102. The summed E-state index contributed by atoms with van der Waals surface area (Å²) in [5.74, 6) is 0.131. The number of hydrogen-bond donors (Lipinski definition) is 1. The fraction of sp³-hybridized carbons (Fsp3) is 0.200. The van der Waals surface area contributed by atoms with E-state index in [1.165, 1.54) is 23.5 Å². The highest BCUT2D eigenvalue weighted by Gasteiger charge is 2.16. The van der Waals surface area contributed by atoms with E-state index in [1.54, 1.807) is 29.8 Å². The summed E-state index contributed by atoms with van der Waals surface area (Å²) in [6, 6.07) is 11.8. The molecular formula is C20H19FN2O2S. The molecule has 0 radical (unpaired) electrons. The number of benzene rings is 2. The third-order valence-corrected chi connectivity index (χ3v) is 4.54. The lowest BCUT2D eigenvalue weighted by atomic mass is 10.00. The van der Waals surface area contributed by atoms with E-state index in [-0.39, 0.29) is 24.2 Å². The summed E-state index contributed by atoms with van der Waals surface area (Å²) in [5.41, 5.74) is 2.17. The van der Waals surface area contributed by atoms with E-state index < -0.39 is 0 Å². The van der Waals surface area contributed by atoms with E-state index in [9.17, 15) is 9.18 Å².